The third-order valence-electron chi connectivity index (χ3n) is 6.00. The van der Waals surface area contributed by atoms with Crippen molar-refractivity contribution in [2.24, 2.45) is 5.92 Å². The summed E-state index contributed by atoms with van der Waals surface area (Å²) in [6, 6.07) is 7.78. The molecule has 2 aromatic rings. The average molecular weight is 488 g/mol. The van der Waals surface area contributed by atoms with E-state index >= 15 is 0 Å². The number of anilines is 1. The number of thiophene rings is 1. The smallest absolute Gasteiger partial charge is 0.341 e. The summed E-state index contributed by atoms with van der Waals surface area (Å²) in [4.78, 5) is 25.6. The van der Waals surface area contributed by atoms with Crippen molar-refractivity contribution in [3.63, 3.8) is 0 Å². The van der Waals surface area contributed by atoms with E-state index in [9.17, 15) is 18.0 Å². The van der Waals surface area contributed by atoms with Gasteiger partial charge in [0.2, 0.25) is 15.9 Å². The molecule has 1 aliphatic carbocycles. The number of carbonyl (C=O) groups is 2. The molecule has 1 aromatic heterocycles. The van der Waals surface area contributed by atoms with Crippen LogP contribution < -0.4 is 5.32 Å². The van der Waals surface area contributed by atoms with Crippen molar-refractivity contribution in [3.05, 3.63) is 46.3 Å². The van der Waals surface area contributed by atoms with Gasteiger partial charge >= 0.3 is 5.97 Å². The number of sulfonamides is 1. The SMILES string of the molecule is CCOC(=O)c1c(C2CC2)csc1NC(=O)C1CCN(S(=O)(=O)c2ccc(C#N)cc2)CC1. The third-order valence-corrected chi connectivity index (χ3v) is 8.83. The number of hydrogen-bond donors (Lipinski definition) is 1. The van der Waals surface area contributed by atoms with Crippen molar-refractivity contribution in [3.8, 4) is 6.07 Å². The Balaban J connectivity index is 1.41. The number of esters is 1. The van der Waals surface area contributed by atoms with Gasteiger partial charge in [-0.1, -0.05) is 0 Å². The van der Waals surface area contributed by atoms with Gasteiger partial charge in [0.15, 0.2) is 0 Å². The van der Waals surface area contributed by atoms with E-state index in [2.05, 4.69) is 5.32 Å². The van der Waals surface area contributed by atoms with Crippen LogP contribution in [0, 0.1) is 17.2 Å². The molecule has 0 radical (unpaired) electrons. The zero-order valence-corrected chi connectivity index (χ0v) is 19.9. The Hall–Kier alpha value is -2.74. The van der Waals surface area contributed by atoms with Crippen molar-refractivity contribution < 1.29 is 22.7 Å². The fourth-order valence-electron chi connectivity index (χ4n) is 3.99. The van der Waals surface area contributed by atoms with Crippen LogP contribution in [0.5, 0.6) is 0 Å². The molecule has 174 valence electrons. The number of piperidine rings is 1. The molecule has 1 saturated carbocycles. The van der Waals surface area contributed by atoms with Crippen molar-refractivity contribution in [2.75, 3.05) is 25.0 Å². The molecule has 1 aromatic carbocycles. The van der Waals surface area contributed by atoms with E-state index in [0.29, 0.717) is 34.9 Å². The molecule has 0 unspecified atom stereocenters. The minimum absolute atomic E-state index is 0.134. The van der Waals surface area contributed by atoms with Crippen LogP contribution in [0.2, 0.25) is 0 Å². The molecule has 33 heavy (non-hydrogen) atoms. The highest BCUT2D eigenvalue weighted by Gasteiger charge is 2.35. The van der Waals surface area contributed by atoms with E-state index in [4.69, 9.17) is 10.00 Å². The quantitative estimate of drug-likeness (QED) is 0.595. The zero-order valence-electron chi connectivity index (χ0n) is 18.2. The van der Waals surface area contributed by atoms with Crippen LogP contribution in [0.15, 0.2) is 34.5 Å². The van der Waals surface area contributed by atoms with Gasteiger partial charge in [0.1, 0.15) is 5.00 Å². The lowest BCUT2D eigenvalue weighted by Crippen LogP contribution is -2.41. The summed E-state index contributed by atoms with van der Waals surface area (Å²) in [5.74, 6) is -0.625. The van der Waals surface area contributed by atoms with E-state index in [0.717, 1.165) is 18.4 Å². The summed E-state index contributed by atoms with van der Waals surface area (Å²) in [5.41, 5.74) is 1.79. The standard InChI is InChI=1S/C23H25N3O5S2/c1-2-31-23(28)20-19(16-5-6-16)14-32-22(20)25-21(27)17-9-11-26(12-10-17)33(29,30)18-7-3-15(13-24)4-8-18/h3-4,7-8,14,16-17H,2,5-6,9-12H2,1H3,(H,25,27). The Labute approximate surface area is 197 Å². The van der Waals surface area contributed by atoms with Crippen molar-refractivity contribution in [1.82, 2.24) is 4.31 Å². The van der Waals surface area contributed by atoms with Crippen LogP contribution >= 0.6 is 11.3 Å². The minimum Gasteiger partial charge on any atom is -0.462 e. The van der Waals surface area contributed by atoms with Crippen LogP contribution in [-0.4, -0.2) is 44.3 Å². The number of carbonyl (C=O) groups excluding carboxylic acids is 2. The second-order valence-electron chi connectivity index (χ2n) is 8.19. The Morgan fingerprint density at radius 2 is 1.85 bits per heavy atom. The van der Waals surface area contributed by atoms with E-state index in [-0.39, 0.29) is 36.4 Å². The number of ether oxygens (including phenoxy) is 1. The van der Waals surface area contributed by atoms with E-state index in [1.165, 1.54) is 39.9 Å². The molecular weight excluding hydrogens is 462 g/mol. The number of hydrogen-bond acceptors (Lipinski definition) is 7. The number of benzene rings is 1. The second kappa shape index (κ2) is 9.63. The number of rotatable bonds is 7. The van der Waals surface area contributed by atoms with Gasteiger partial charge in [-0.2, -0.15) is 9.57 Å². The Kier molecular flexibility index (Phi) is 6.83. The van der Waals surface area contributed by atoms with Crippen molar-refractivity contribution in [1.29, 1.82) is 5.26 Å². The lowest BCUT2D eigenvalue weighted by Gasteiger charge is -2.30. The molecule has 4 rings (SSSR count). The molecule has 8 nitrogen and oxygen atoms in total. The third kappa shape index (κ3) is 4.95. The first kappa shape index (κ1) is 23.4. The summed E-state index contributed by atoms with van der Waals surface area (Å²) in [7, 11) is -3.69. The molecule has 2 fully saturated rings. The maximum Gasteiger partial charge on any atom is 0.341 e. The average Bonchev–Trinajstić information content (AvgIpc) is 3.59. The van der Waals surface area contributed by atoms with Crippen LogP contribution in [0.3, 0.4) is 0 Å². The lowest BCUT2D eigenvalue weighted by atomic mass is 9.97. The maximum atomic E-state index is 12.9. The zero-order chi connectivity index (χ0) is 23.6. The number of nitrogens with zero attached hydrogens (tertiary/aromatic N) is 2. The summed E-state index contributed by atoms with van der Waals surface area (Å²) in [6.45, 7) is 2.46. The Morgan fingerprint density at radius 3 is 2.42 bits per heavy atom. The van der Waals surface area contributed by atoms with Gasteiger partial charge in [0, 0.05) is 19.0 Å². The van der Waals surface area contributed by atoms with Gasteiger partial charge in [-0.25, -0.2) is 13.2 Å². The first-order valence-corrected chi connectivity index (χ1v) is 13.3. The van der Waals surface area contributed by atoms with E-state index < -0.39 is 16.0 Å². The first-order valence-electron chi connectivity index (χ1n) is 10.9. The summed E-state index contributed by atoms with van der Waals surface area (Å²) in [5, 5.41) is 14.2. The normalized spacial score (nSPS) is 17.3. The second-order valence-corrected chi connectivity index (χ2v) is 11.0. The van der Waals surface area contributed by atoms with Crippen molar-refractivity contribution in [2.45, 2.75) is 43.4 Å². The Morgan fingerprint density at radius 1 is 1.18 bits per heavy atom. The highest BCUT2D eigenvalue weighted by Crippen LogP contribution is 2.46. The van der Waals surface area contributed by atoms with Crippen LogP contribution in [0.4, 0.5) is 5.00 Å². The molecule has 2 aliphatic rings. The maximum absolute atomic E-state index is 12.9. The van der Waals surface area contributed by atoms with E-state index in [1.54, 1.807) is 6.92 Å². The highest BCUT2D eigenvalue weighted by atomic mass is 32.2. The molecule has 10 heteroatoms. The van der Waals surface area contributed by atoms with Gasteiger partial charge in [0.25, 0.3) is 0 Å². The fourth-order valence-corrected chi connectivity index (χ4v) is 6.50. The summed E-state index contributed by atoms with van der Waals surface area (Å²) in [6.07, 6.45) is 2.83. The van der Waals surface area contributed by atoms with Gasteiger partial charge in [-0.05, 0) is 73.7 Å². The molecular formula is C23H25N3O5S2. The Bertz CT molecular complexity index is 1190. The van der Waals surface area contributed by atoms with Gasteiger partial charge in [-0.3, -0.25) is 4.79 Å². The minimum atomic E-state index is -3.69. The predicted octanol–water partition coefficient (Wildman–Crippen LogP) is 3.71. The fraction of sp³-hybridized carbons (Fsp3) is 0.435. The number of amides is 1. The largest absolute Gasteiger partial charge is 0.462 e. The van der Waals surface area contributed by atoms with Crippen LogP contribution in [0.1, 0.15) is 60.0 Å². The van der Waals surface area contributed by atoms with Gasteiger partial charge < -0.3 is 10.1 Å². The molecule has 1 amide bonds. The van der Waals surface area contributed by atoms with Gasteiger partial charge in [0.05, 0.1) is 28.7 Å². The number of nitriles is 1. The first-order chi connectivity index (χ1) is 15.8. The predicted molar refractivity (Wildman–Crippen MR) is 124 cm³/mol. The van der Waals surface area contributed by atoms with Gasteiger partial charge in [-0.15, -0.1) is 11.3 Å². The molecule has 0 bridgehead atoms. The lowest BCUT2D eigenvalue weighted by molar-refractivity contribution is -0.120. The summed E-state index contributed by atoms with van der Waals surface area (Å²) >= 11 is 1.33. The highest BCUT2D eigenvalue weighted by molar-refractivity contribution is 7.89. The monoisotopic (exact) mass is 487 g/mol. The number of nitrogens with one attached hydrogen (secondary N) is 1. The molecule has 2 heterocycles. The molecule has 1 saturated heterocycles. The molecule has 0 atom stereocenters. The van der Waals surface area contributed by atoms with Crippen molar-refractivity contribution >= 4 is 38.2 Å². The van der Waals surface area contributed by atoms with Crippen LogP contribution in [-0.2, 0) is 19.6 Å². The van der Waals surface area contributed by atoms with E-state index in [1.807, 2.05) is 11.4 Å². The summed E-state index contributed by atoms with van der Waals surface area (Å²) < 4.78 is 32.4. The van der Waals surface area contributed by atoms with Crippen LogP contribution in [0.25, 0.3) is 0 Å². The topological polar surface area (TPSA) is 117 Å². The molecule has 1 N–H and O–H groups in total. The molecule has 1 aliphatic heterocycles. The molecule has 0 spiro atoms.